The van der Waals surface area contributed by atoms with Gasteiger partial charge < -0.3 is 4.90 Å². The van der Waals surface area contributed by atoms with Gasteiger partial charge >= 0.3 is 0 Å². The van der Waals surface area contributed by atoms with Gasteiger partial charge in [0.2, 0.25) is 10.0 Å². The van der Waals surface area contributed by atoms with Crippen molar-refractivity contribution in [1.29, 1.82) is 0 Å². The van der Waals surface area contributed by atoms with Gasteiger partial charge in [0.15, 0.2) is 0 Å². The molecule has 124 valence electrons. The van der Waals surface area contributed by atoms with Crippen molar-refractivity contribution in [3.8, 4) is 0 Å². The standard InChI is InChI=1S/C15H22ClFN2O2S/c1-12(11-19-7-3-2-4-8-19)10-18-22(20,21)13-5-6-15(17)14(16)9-13/h5-6,9,12,18H,2-4,7-8,10-11H2,1H3. The Morgan fingerprint density at radius 3 is 2.64 bits per heavy atom. The SMILES string of the molecule is CC(CNS(=O)(=O)c1ccc(F)c(Cl)c1)CN1CCCCC1. The van der Waals surface area contributed by atoms with Crippen LogP contribution in [0.2, 0.25) is 5.02 Å². The minimum Gasteiger partial charge on any atom is -0.303 e. The van der Waals surface area contributed by atoms with Gasteiger partial charge in [-0.15, -0.1) is 0 Å². The summed E-state index contributed by atoms with van der Waals surface area (Å²) in [5, 5.41) is -0.191. The number of hydrogen-bond donors (Lipinski definition) is 1. The van der Waals surface area contributed by atoms with Crippen molar-refractivity contribution in [3.63, 3.8) is 0 Å². The van der Waals surface area contributed by atoms with Crippen LogP contribution >= 0.6 is 11.6 Å². The Hall–Kier alpha value is -0.690. The maximum atomic E-state index is 13.1. The van der Waals surface area contributed by atoms with Crippen LogP contribution in [0.3, 0.4) is 0 Å². The van der Waals surface area contributed by atoms with Crippen LogP contribution in [-0.4, -0.2) is 39.5 Å². The summed E-state index contributed by atoms with van der Waals surface area (Å²) in [6.07, 6.45) is 3.71. The van der Waals surface area contributed by atoms with Crippen LogP contribution in [0, 0.1) is 11.7 Å². The van der Waals surface area contributed by atoms with Gasteiger partial charge in [0, 0.05) is 13.1 Å². The van der Waals surface area contributed by atoms with Gasteiger partial charge in [0.1, 0.15) is 5.82 Å². The lowest BCUT2D eigenvalue weighted by Crippen LogP contribution is -2.38. The second kappa shape index (κ2) is 7.73. The minimum absolute atomic E-state index is 0.0101. The molecule has 0 aromatic heterocycles. The molecule has 1 aliphatic rings. The first kappa shape index (κ1) is 17.7. The van der Waals surface area contributed by atoms with Crippen molar-refractivity contribution in [2.24, 2.45) is 5.92 Å². The molecular formula is C15H22ClFN2O2S. The Kier molecular flexibility index (Phi) is 6.20. The lowest BCUT2D eigenvalue weighted by Gasteiger charge is -2.29. The predicted octanol–water partition coefficient (Wildman–Crippen LogP) is 2.88. The van der Waals surface area contributed by atoms with E-state index in [1.807, 2.05) is 6.92 Å². The summed E-state index contributed by atoms with van der Waals surface area (Å²) >= 11 is 5.64. The Labute approximate surface area is 136 Å². The largest absolute Gasteiger partial charge is 0.303 e. The summed E-state index contributed by atoms with van der Waals surface area (Å²) in [6, 6.07) is 3.42. The molecule has 22 heavy (non-hydrogen) atoms. The van der Waals surface area contributed by atoms with E-state index in [-0.39, 0.29) is 15.8 Å². The van der Waals surface area contributed by atoms with Gasteiger partial charge in [-0.25, -0.2) is 17.5 Å². The number of sulfonamides is 1. The topological polar surface area (TPSA) is 49.4 Å². The zero-order chi connectivity index (χ0) is 16.2. The lowest BCUT2D eigenvalue weighted by atomic mass is 10.1. The van der Waals surface area contributed by atoms with Crippen LogP contribution in [0.25, 0.3) is 0 Å². The quantitative estimate of drug-likeness (QED) is 0.860. The molecule has 0 amide bonds. The molecule has 1 aliphatic heterocycles. The highest BCUT2D eigenvalue weighted by atomic mass is 35.5. The van der Waals surface area contributed by atoms with Crippen molar-refractivity contribution < 1.29 is 12.8 Å². The van der Waals surface area contributed by atoms with Crippen LogP contribution in [0.4, 0.5) is 4.39 Å². The van der Waals surface area contributed by atoms with Crippen molar-refractivity contribution in [2.45, 2.75) is 31.1 Å². The Morgan fingerprint density at radius 2 is 2.00 bits per heavy atom. The first-order valence-electron chi connectivity index (χ1n) is 7.55. The van der Waals surface area contributed by atoms with Gasteiger partial charge in [-0.05, 0) is 50.0 Å². The van der Waals surface area contributed by atoms with Crippen LogP contribution < -0.4 is 4.72 Å². The number of nitrogens with one attached hydrogen (secondary N) is 1. The molecule has 0 bridgehead atoms. The van der Waals surface area contributed by atoms with E-state index >= 15 is 0 Å². The summed E-state index contributed by atoms with van der Waals surface area (Å²) in [5.74, 6) is -0.414. The lowest BCUT2D eigenvalue weighted by molar-refractivity contribution is 0.201. The molecule has 0 aliphatic carbocycles. The number of rotatable bonds is 6. The summed E-state index contributed by atoms with van der Waals surface area (Å²) in [7, 11) is -3.66. The zero-order valence-corrected chi connectivity index (χ0v) is 14.3. The van der Waals surface area contributed by atoms with E-state index in [0.717, 1.165) is 31.8 Å². The molecule has 0 saturated carbocycles. The maximum absolute atomic E-state index is 13.1. The van der Waals surface area contributed by atoms with Gasteiger partial charge in [0.05, 0.1) is 9.92 Å². The molecule has 2 rings (SSSR count). The van der Waals surface area contributed by atoms with Crippen molar-refractivity contribution >= 4 is 21.6 Å². The number of likely N-dealkylation sites (tertiary alicyclic amines) is 1. The van der Waals surface area contributed by atoms with Gasteiger partial charge in [0.25, 0.3) is 0 Å². The fraction of sp³-hybridized carbons (Fsp3) is 0.600. The maximum Gasteiger partial charge on any atom is 0.240 e. The van der Waals surface area contributed by atoms with E-state index < -0.39 is 15.8 Å². The van der Waals surface area contributed by atoms with Crippen LogP contribution in [0.1, 0.15) is 26.2 Å². The Morgan fingerprint density at radius 1 is 1.32 bits per heavy atom. The summed E-state index contributed by atoms with van der Waals surface area (Å²) in [6.45, 7) is 5.44. The monoisotopic (exact) mass is 348 g/mol. The number of hydrogen-bond acceptors (Lipinski definition) is 3. The highest BCUT2D eigenvalue weighted by molar-refractivity contribution is 7.89. The number of halogens is 2. The molecule has 1 aromatic rings. The first-order valence-corrected chi connectivity index (χ1v) is 9.41. The van der Waals surface area contributed by atoms with E-state index in [1.54, 1.807) is 0 Å². The third-order valence-electron chi connectivity index (χ3n) is 3.84. The molecule has 0 spiro atoms. The molecule has 1 saturated heterocycles. The second-order valence-electron chi connectivity index (χ2n) is 5.89. The smallest absolute Gasteiger partial charge is 0.240 e. The first-order chi connectivity index (χ1) is 10.4. The van der Waals surface area contributed by atoms with Crippen LogP contribution in [-0.2, 0) is 10.0 Å². The molecule has 1 fully saturated rings. The summed E-state index contributed by atoms with van der Waals surface area (Å²) < 4.78 is 40.1. The van der Waals surface area contributed by atoms with Crippen molar-refractivity contribution in [2.75, 3.05) is 26.2 Å². The normalized spacial score (nSPS) is 18.3. The number of piperidine rings is 1. The van der Waals surface area contributed by atoms with Crippen molar-refractivity contribution in [1.82, 2.24) is 9.62 Å². The summed E-state index contributed by atoms with van der Waals surface area (Å²) in [4.78, 5) is 2.36. The third kappa shape index (κ3) is 4.91. The molecular weight excluding hydrogens is 327 g/mol. The highest BCUT2D eigenvalue weighted by Gasteiger charge is 2.18. The zero-order valence-electron chi connectivity index (χ0n) is 12.7. The van der Waals surface area contributed by atoms with E-state index in [1.165, 1.54) is 25.3 Å². The van der Waals surface area contributed by atoms with E-state index in [2.05, 4.69) is 9.62 Å². The molecule has 1 atom stereocenters. The van der Waals surface area contributed by atoms with Crippen LogP contribution in [0.15, 0.2) is 23.1 Å². The molecule has 1 N–H and O–H groups in total. The summed E-state index contributed by atoms with van der Waals surface area (Å²) in [5.41, 5.74) is 0. The second-order valence-corrected chi connectivity index (χ2v) is 8.07. The van der Waals surface area contributed by atoms with Crippen LogP contribution in [0.5, 0.6) is 0 Å². The fourth-order valence-electron chi connectivity index (χ4n) is 2.63. The van der Waals surface area contributed by atoms with Crippen molar-refractivity contribution in [3.05, 3.63) is 29.0 Å². The van der Waals surface area contributed by atoms with E-state index in [4.69, 9.17) is 11.6 Å². The molecule has 1 heterocycles. The van der Waals surface area contributed by atoms with E-state index in [0.29, 0.717) is 6.54 Å². The van der Waals surface area contributed by atoms with Gasteiger partial charge in [-0.1, -0.05) is 24.9 Å². The molecule has 1 unspecified atom stereocenters. The molecule has 4 nitrogen and oxygen atoms in total. The Bertz CT molecular complexity index is 604. The third-order valence-corrected chi connectivity index (χ3v) is 5.55. The van der Waals surface area contributed by atoms with E-state index in [9.17, 15) is 12.8 Å². The molecule has 7 heteroatoms. The average Bonchev–Trinajstić information content (AvgIpc) is 2.49. The fourth-order valence-corrected chi connectivity index (χ4v) is 4.06. The number of nitrogens with zero attached hydrogens (tertiary/aromatic N) is 1. The van der Waals surface area contributed by atoms with Gasteiger partial charge in [-0.2, -0.15) is 0 Å². The molecule has 0 radical (unpaired) electrons. The highest BCUT2D eigenvalue weighted by Crippen LogP contribution is 2.19. The van der Waals surface area contributed by atoms with Gasteiger partial charge in [-0.3, -0.25) is 0 Å². The predicted molar refractivity (Wildman–Crippen MR) is 86.1 cm³/mol. The molecule has 1 aromatic carbocycles. The number of benzene rings is 1. The minimum atomic E-state index is -3.66. The Balaban J connectivity index is 1.89. The average molecular weight is 349 g/mol.